The van der Waals surface area contributed by atoms with Crippen LogP contribution in [0.3, 0.4) is 0 Å². The first-order valence-electron chi connectivity index (χ1n) is 9.62. The van der Waals surface area contributed by atoms with Crippen molar-refractivity contribution < 1.29 is 10.2 Å². The van der Waals surface area contributed by atoms with Crippen LogP contribution in [0.5, 0.6) is 0 Å². The maximum Gasteiger partial charge on any atom is 0.156 e. The summed E-state index contributed by atoms with van der Waals surface area (Å²) in [5.41, 5.74) is -0.368. The van der Waals surface area contributed by atoms with Gasteiger partial charge in [0.2, 0.25) is 0 Å². The molecule has 0 aromatic heterocycles. The van der Waals surface area contributed by atoms with Gasteiger partial charge in [-0.15, -0.1) is 0 Å². The molecule has 0 saturated heterocycles. The van der Waals surface area contributed by atoms with Gasteiger partial charge in [-0.2, -0.15) is 0 Å². The number of aliphatic hydroxyl groups is 2. The average molecular weight is 344 g/mol. The number of rotatable bonds is 7. The van der Waals surface area contributed by atoms with Crippen LogP contribution in [0.25, 0.3) is 0 Å². The van der Waals surface area contributed by atoms with E-state index in [9.17, 15) is 10.2 Å². The summed E-state index contributed by atoms with van der Waals surface area (Å²) in [7, 11) is 0. The van der Waals surface area contributed by atoms with Gasteiger partial charge in [-0.25, -0.2) is 0 Å². The minimum Gasteiger partial charge on any atom is -0.395 e. The van der Waals surface area contributed by atoms with E-state index in [1.807, 2.05) is 30.3 Å². The smallest absolute Gasteiger partial charge is 0.156 e. The van der Waals surface area contributed by atoms with Crippen LogP contribution < -0.4 is 0 Å². The van der Waals surface area contributed by atoms with Crippen LogP contribution in [0.15, 0.2) is 30.3 Å². The number of aliphatic hydroxyl groups excluding tert-OH is 1. The van der Waals surface area contributed by atoms with E-state index >= 15 is 0 Å². The maximum atomic E-state index is 11.8. The Balaban J connectivity index is 2.35. The minimum absolute atomic E-state index is 0.127. The van der Waals surface area contributed by atoms with Crippen LogP contribution in [-0.4, -0.2) is 40.9 Å². The zero-order chi connectivity index (χ0) is 18.3. The summed E-state index contributed by atoms with van der Waals surface area (Å²) in [6.07, 6.45) is 5.29. The van der Waals surface area contributed by atoms with Gasteiger partial charge >= 0.3 is 0 Å². The monoisotopic (exact) mass is 343 g/mol. The molecule has 1 fully saturated rings. The van der Waals surface area contributed by atoms with E-state index in [1.165, 1.54) is 0 Å². The van der Waals surface area contributed by atoms with Gasteiger partial charge in [0, 0.05) is 18.0 Å². The molecule has 0 unspecified atom stereocenters. The van der Waals surface area contributed by atoms with E-state index in [-0.39, 0.29) is 12.0 Å². The van der Waals surface area contributed by atoms with Crippen LogP contribution in [0.2, 0.25) is 0 Å². The summed E-state index contributed by atoms with van der Waals surface area (Å²) < 4.78 is 0. The lowest BCUT2D eigenvalue weighted by Crippen LogP contribution is -2.43. The van der Waals surface area contributed by atoms with E-state index < -0.39 is 5.60 Å². The van der Waals surface area contributed by atoms with Gasteiger partial charge in [-0.3, -0.25) is 4.90 Å². The predicted octanol–water partition coefficient (Wildman–Crippen LogP) is 3.55. The third kappa shape index (κ3) is 4.26. The van der Waals surface area contributed by atoms with Gasteiger partial charge in [0.15, 0.2) is 5.60 Å². The van der Waals surface area contributed by atoms with Crippen LogP contribution in [0.4, 0.5) is 0 Å². The van der Waals surface area contributed by atoms with Crippen molar-refractivity contribution in [3.8, 4) is 11.8 Å². The van der Waals surface area contributed by atoms with Crippen LogP contribution in [0.1, 0.15) is 58.4 Å². The topological polar surface area (TPSA) is 43.7 Å². The molecule has 1 aromatic carbocycles. The Morgan fingerprint density at radius 1 is 1.20 bits per heavy atom. The summed E-state index contributed by atoms with van der Waals surface area (Å²) in [6, 6.07) is 10.3. The lowest BCUT2D eigenvalue weighted by Gasteiger charge is -2.42. The lowest BCUT2D eigenvalue weighted by molar-refractivity contribution is -0.0422. The molecule has 2 rings (SSSR count). The number of benzene rings is 1. The first-order valence-corrected chi connectivity index (χ1v) is 9.62. The highest BCUT2D eigenvalue weighted by Crippen LogP contribution is 2.53. The Bertz CT molecular complexity index is 581. The molecule has 3 nitrogen and oxygen atoms in total. The molecule has 0 aliphatic heterocycles. The van der Waals surface area contributed by atoms with Crippen molar-refractivity contribution in [2.75, 3.05) is 19.7 Å². The highest BCUT2D eigenvalue weighted by Gasteiger charge is 2.50. The van der Waals surface area contributed by atoms with Crippen molar-refractivity contribution in [2.45, 2.75) is 64.5 Å². The number of hydrogen-bond acceptors (Lipinski definition) is 3. The Morgan fingerprint density at radius 2 is 1.84 bits per heavy atom. The predicted molar refractivity (Wildman–Crippen MR) is 103 cm³/mol. The summed E-state index contributed by atoms with van der Waals surface area (Å²) in [6.45, 7) is 7.67. The molecular formula is C22H33NO2. The summed E-state index contributed by atoms with van der Waals surface area (Å²) in [4.78, 5) is 2.13. The van der Waals surface area contributed by atoms with E-state index in [2.05, 4.69) is 37.5 Å². The zero-order valence-corrected chi connectivity index (χ0v) is 16.0. The second-order valence-corrected chi connectivity index (χ2v) is 7.51. The maximum absolute atomic E-state index is 11.8. The quantitative estimate of drug-likeness (QED) is 0.744. The van der Waals surface area contributed by atoms with E-state index in [1.54, 1.807) is 0 Å². The fourth-order valence-electron chi connectivity index (χ4n) is 4.13. The standard InChI is InChI=1S/C22H33NO2/c1-4-21(13-8-9-14-21)22(25,20-11-6-5-7-12-20)15-10-16-23(17-18-24)19(2)3/h5-7,11-12,19,24-25H,4,8-9,13-14,16-18H2,1-3H3/t22-/m1/s1. The Hall–Kier alpha value is -1.34. The molecule has 0 radical (unpaired) electrons. The van der Waals surface area contributed by atoms with E-state index in [0.717, 1.165) is 37.7 Å². The second kappa shape index (κ2) is 8.85. The van der Waals surface area contributed by atoms with Crippen LogP contribution in [-0.2, 0) is 5.60 Å². The summed E-state index contributed by atoms with van der Waals surface area (Å²) >= 11 is 0. The van der Waals surface area contributed by atoms with Gasteiger partial charge in [-0.1, -0.05) is 61.9 Å². The SMILES string of the molecule is CCC1([C@@](O)(C#CCN(CCO)C(C)C)c2ccccc2)CCCC1. The molecule has 1 saturated carbocycles. The van der Waals surface area contributed by atoms with E-state index in [4.69, 9.17) is 0 Å². The van der Waals surface area contributed by atoms with Crippen molar-refractivity contribution in [3.63, 3.8) is 0 Å². The fourth-order valence-corrected chi connectivity index (χ4v) is 4.13. The normalized spacial score (nSPS) is 18.8. The molecule has 1 atom stereocenters. The molecule has 0 amide bonds. The fraction of sp³-hybridized carbons (Fsp3) is 0.636. The summed E-state index contributed by atoms with van der Waals surface area (Å²) in [5, 5.41) is 21.0. The zero-order valence-electron chi connectivity index (χ0n) is 16.0. The molecule has 138 valence electrons. The van der Waals surface area contributed by atoms with Gasteiger partial charge in [0.05, 0.1) is 13.2 Å². The van der Waals surface area contributed by atoms with Gasteiger partial charge < -0.3 is 10.2 Å². The highest BCUT2D eigenvalue weighted by molar-refractivity contribution is 5.36. The Kier molecular flexibility index (Phi) is 7.07. The molecule has 2 N–H and O–H groups in total. The van der Waals surface area contributed by atoms with Crippen molar-refractivity contribution >= 4 is 0 Å². The lowest BCUT2D eigenvalue weighted by atomic mass is 9.65. The molecular weight excluding hydrogens is 310 g/mol. The van der Waals surface area contributed by atoms with Crippen LogP contribution >= 0.6 is 0 Å². The molecule has 3 heteroatoms. The van der Waals surface area contributed by atoms with Crippen LogP contribution in [0, 0.1) is 17.3 Å². The minimum atomic E-state index is -1.11. The van der Waals surface area contributed by atoms with Crippen molar-refractivity contribution in [1.82, 2.24) is 4.90 Å². The van der Waals surface area contributed by atoms with Gasteiger partial charge in [0.1, 0.15) is 0 Å². The average Bonchev–Trinajstić information content (AvgIpc) is 3.12. The van der Waals surface area contributed by atoms with Gasteiger partial charge in [-0.05, 0) is 38.7 Å². The third-order valence-electron chi connectivity index (χ3n) is 5.87. The van der Waals surface area contributed by atoms with Crippen molar-refractivity contribution in [2.24, 2.45) is 5.41 Å². The first-order chi connectivity index (χ1) is 12.0. The Labute approximate surface area is 153 Å². The van der Waals surface area contributed by atoms with Crippen molar-refractivity contribution in [1.29, 1.82) is 0 Å². The molecule has 0 bridgehead atoms. The number of hydrogen-bond donors (Lipinski definition) is 2. The largest absolute Gasteiger partial charge is 0.395 e. The molecule has 0 spiro atoms. The number of nitrogens with zero attached hydrogens (tertiary/aromatic N) is 1. The first kappa shape index (κ1) is 20.0. The van der Waals surface area contributed by atoms with E-state index in [0.29, 0.717) is 19.1 Å². The Morgan fingerprint density at radius 3 is 2.36 bits per heavy atom. The van der Waals surface area contributed by atoms with Crippen molar-refractivity contribution in [3.05, 3.63) is 35.9 Å². The third-order valence-corrected chi connectivity index (χ3v) is 5.87. The summed E-state index contributed by atoms with van der Waals surface area (Å²) in [5.74, 6) is 6.51. The van der Waals surface area contributed by atoms with Gasteiger partial charge in [0.25, 0.3) is 0 Å². The molecule has 0 heterocycles. The molecule has 1 aromatic rings. The highest BCUT2D eigenvalue weighted by atomic mass is 16.3. The molecule has 1 aliphatic carbocycles. The second-order valence-electron chi connectivity index (χ2n) is 7.51. The molecule has 25 heavy (non-hydrogen) atoms. The molecule has 1 aliphatic rings.